The van der Waals surface area contributed by atoms with Crippen LogP contribution in [-0.4, -0.2) is 15.9 Å². The van der Waals surface area contributed by atoms with Crippen molar-refractivity contribution in [3.63, 3.8) is 0 Å². The predicted molar refractivity (Wildman–Crippen MR) is 110 cm³/mol. The molecule has 138 valence electrons. The van der Waals surface area contributed by atoms with Crippen molar-refractivity contribution < 1.29 is 4.79 Å². The van der Waals surface area contributed by atoms with E-state index in [0.717, 1.165) is 52.3 Å². The Labute approximate surface area is 167 Å². The van der Waals surface area contributed by atoms with Gasteiger partial charge in [-0.05, 0) is 62.4 Å². The van der Waals surface area contributed by atoms with Crippen LogP contribution < -0.4 is 5.32 Å². The van der Waals surface area contributed by atoms with Gasteiger partial charge in [0.25, 0.3) is 0 Å². The zero-order valence-electron chi connectivity index (χ0n) is 15.3. The third-order valence-electron chi connectivity index (χ3n) is 4.92. The van der Waals surface area contributed by atoms with E-state index in [0.29, 0.717) is 5.02 Å². The Morgan fingerprint density at radius 1 is 1.26 bits per heavy atom. The van der Waals surface area contributed by atoms with E-state index >= 15 is 0 Å². The maximum Gasteiger partial charge on any atom is 0.227 e. The minimum Gasteiger partial charge on any atom is -0.324 e. The minimum absolute atomic E-state index is 0.0355. The highest BCUT2D eigenvalue weighted by Gasteiger charge is 2.28. The number of nitrogens with zero attached hydrogens (tertiary/aromatic N) is 2. The first-order valence-electron chi connectivity index (χ1n) is 8.98. The Bertz CT molecular complexity index is 977. The monoisotopic (exact) mass is 397 g/mol. The Morgan fingerprint density at radius 3 is 2.78 bits per heavy atom. The quantitative estimate of drug-likeness (QED) is 0.659. The number of rotatable bonds is 3. The van der Waals surface area contributed by atoms with E-state index in [1.807, 2.05) is 38.1 Å². The second-order valence-corrected chi connectivity index (χ2v) is 8.48. The molecule has 4 rings (SSSR count). The number of anilines is 1. The summed E-state index contributed by atoms with van der Waals surface area (Å²) in [5.41, 5.74) is 5.00. The topological polar surface area (TPSA) is 54.9 Å². The van der Waals surface area contributed by atoms with Crippen LogP contribution in [0.1, 0.15) is 28.1 Å². The molecule has 0 saturated carbocycles. The molecule has 0 bridgehead atoms. The third-order valence-corrected chi connectivity index (χ3v) is 6.38. The molecule has 0 spiro atoms. The number of fused-ring (bicyclic) bond motifs is 1. The van der Waals surface area contributed by atoms with E-state index in [4.69, 9.17) is 16.6 Å². The molecule has 0 aliphatic heterocycles. The van der Waals surface area contributed by atoms with E-state index in [2.05, 4.69) is 10.3 Å². The van der Waals surface area contributed by atoms with Crippen molar-refractivity contribution in [3.8, 4) is 10.6 Å². The van der Waals surface area contributed by atoms with Gasteiger partial charge >= 0.3 is 0 Å². The number of benzene rings is 1. The molecular weight excluding hydrogens is 378 g/mol. The maximum absolute atomic E-state index is 12.8. The van der Waals surface area contributed by atoms with Gasteiger partial charge in [-0.3, -0.25) is 9.78 Å². The number of nitrogens with one attached hydrogen (secondary N) is 1. The van der Waals surface area contributed by atoms with E-state index in [-0.39, 0.29) is 11.8 Å². The van der Waals surface area contributed by atoms with Crippen LogP contribution in [0.5, 0.6) is 0 Å². The van der Waals surface area contributed by atoms with Crippen LogP contribution in [0.4, 0.5) is 5.69 Å². The summed E-state index contributed by atoms with van der Waals surface area (Å²) in [6.07, 6.45) is 5.92. The van der Waals surface area contributed by atoms with Gasteiger partial charge in [0.15, 0.2) is 0 Å². The van der Waals surface area contributed by atoms with Crippen molar-refractivity contribution >= 4 is 34.5 Å². The first-order valence-corrected chi connectivity index (χ1v) is 10.2. The molecule has 3 aromatic rings. The van der Waals surface area contributed by atoms with Crippen molar-refractivity contribution in [1.82, 2.24) is 9.97 Å². The second-order valence-electron chi connectivity index (χ2n) is 6.99. The van der Waals surface area contributed by atoms with Crippen molar-refractivity contribution in [1.29, 1.82) is 0 Å². The van der Waals surface area contributed by atoms with Crippen LogP contribution in [-0.2, 0) is 17.6 Å². The lowest BCUT2D eigenvalue weighted by Crippen LogP contribution is -2.28. The normalized spacial score (nSPS) is 16.0. The van der Waals surface area contributed by atoms with Crippen LogP contribution in [0, 0.1) is 19.8 Å². The summed E-state index contributed by atoms with van der Waals surface area (Å²) >= 11 is 8.02. The van der Waals surface area contributed by atoms with Gasteiger partial charge in [0.1, 0.15) is 5.01 Å². The van der Waals surface area contributed by atoms with E-state index in [1.54, 1.807) is 23.7 Å². The largest absolute Gasteiger partial charge is 0.324 e. The van der Waals surface area contributed by atoms with Gasteiger partial charge in [0, 0.05) is 28.8 Å². The zero-order valence-corrected chi connectivity index (χ0v) is 16.8. The number of pyridine rings is 1. The predicted octanol–water partition coefficient (Wildman–Crippen LogP) is 5.22. The Kier molecular flexibility index (Phi) is 4.98. The molecule has 0 fully saturated rings. The molecular formula is C21H20ClN3OS. The van der Waals surface area contributed by atoms with Gasteiger partial charge in [-0.1, -0.05) is 17.7 Å². The third kappa shape index (κ3) is 3.75. The highest BCUT2D eigenvalue weighted by atomic mass is 35.5. The molecule has 4 nitrogen and oxygen atoms in total. The van der Waals surface area contributed by atoms with Crippen LogP contribution in [0.3, 0.4) is 0 Å². The van der Waals surface area contributed by atoms with Gasteiger partial charge < -0.3 is 5.32 Å². The van der Waals surface area contributed by atoms with E-state index in [1.165, 1.54) is 4.88 Å². The molecule has 1 amide bonds. The average Bonchev–Trinajstić information content (AvgIpc) is 3.08. The number of halogens is 1. The van der Waals surface area contributed by atoms with Crippen LogP contribution >= 0.6 is 22.9 Å². The second kappa shape index (κ2) is 7.41. The Balaban J connectivity index is 1.51. The van der Waals surface area contributed by atoms with Gasteiger partial charge in [-0.2, -0.15) is 0 Å². The highest BCUT2D eigenvalue weighted by molar-refractivity contribution is 7.15. The van der Waals surface area contributed by atoms with Gasteiger partial charge in [-0.15, -0.1) is 11.3 Å². The molecule has 27 heavy (non-hydrogen) atoms. The fourth-order valence-corrected chi connectivity index (χ4v) is 5.08. The lowest BCUT2D eigenvalue weighted by Gasteiger charge is -2.21. The number of thiazole rings is 1. The first-order chi connectivity index (χ1) is 13.0. The number of amides is 1. The number of aromatic nitrogens is 2. The Morgan fingerprint density at radius 2 is 2.04 bits per heavy atom. The number of carbonyl (C=O) groups is 1. The van der Waals surface area contributed by atoms with Crippen molar-refractivity contribution in [3.05, 3.63) is 63.4 Å². The number of aryl methyl sites for hydroxylation is 3. The smallest absolute Gasteiger partial charge is 0.227 e. The van der Waals surface area contributed by atoms with Crippen molar-refractivity contribution in [2.75, 3.05) is 5.32 Å². The molecule has 1 unspecified atom stereocenters. The highest BCUT2D eigenvalue weighted by Crippen LogP contribution is 2.35. The fraction of sp³-hybridized carbons (Fsp3) is 0.286. The molecule has 6 heteroatoms. The average molecular weight is 398 g/mol. The molecule has 1 N–H and O–H groups in total. The number of carbonyl (C=O) groups excluding carboxylic acids is 1. The first kappa shape index (κ1) is 18.1. The van der Waals surface area contributed by atoms with Crippen LogP contribution in [0.25, 0.3) is 10.6 Å². The van der Waals surface area contributed by atoms with Gasteiger partial charge in [0.2, 0.25) is 5.91 Å². The lowest BCUT2D eigenvalue weighted by atomic mass is 9.90. The van der Waals surface area contributed by atoms with Crippen LogP contribution in [0.2, 0.25) is 5.02 Å². The SMILES string of the molecule is Cc1cc(C)c(NC(=O)C2CCc3nc(-c4ccncc4)sc3C2)c(Cl)c1. The summed E-state index contributed by atoms with van der Waals surface area (Å²) in [6.45, 7) is 3.97. The number of hydrogen-bond acceptors (Lipinski definition) is 4. The van der Waals surface area contributed by atoms with Gasteiger partial charge in [-0.25, -0.2) is 4.98 Å². The van der Waals surface area contributed by atoms with Crippen LogP contribution in [0.15, 0.2) is 36.7 Å². The van der Waals surface area contributed by atoms with Crippen molar-refractivity contribution in [2.45, 2.75) is 33.1 Å². The van der Waals surface area contributed by atoms with E-state index < -0.39 is 0 Å². The fourth-order valence-electron chi connectivity index (χ4n) is 3.52. The summed E-state index contributed by atoms with van der Waals surface area (Å²) in [5, 5.41) is 4.64. The maximum atomic E-state index is 12.8. The van der Waals surface area contributed by atoms with Crippen molar-refractivity contribution in [2.24, 2.45) is 5.92 Å². The van der Waals surface area contributed by atoms with Gasteiger partial charge in [0.05, 0.1) is 16.4 Å². The lowest BCUT2D eigenvalue weighted by molar-refractivity contribution is -0.120. The standard InChI is InChI=1S/C21H20ClN3OS/c1-12-9-13(2)19(16(22)10-12)25-20(26)15-3-4-17-18(11-15)27-21(24-17)14-5-7-23-8-6-14/h5-10,15H,3-4,11H2,1-2H3,(H,25,26). The van der Waals surface area contributed by atoms with E-state index in [9.17, 15) is 4.79 Å². The molecule has 2 aromatic heterocycles. The summed E-state index contributed by atoms with van der Waals surface area (Å²) in [5.74, 6) is -0.0200. The zero-order chi connectivity index (χ0) is 19.0. The summed E-state index contributed by atoms with van der Waals surface area (Å²) in [4.78, 5) is 22.9. The minimum atomic E-state index is -0.0555. The molecule has 0 saturated heterocycles. The molecule has 1 atom stereocenters. The molecule has 2 heterocycles. The Hall–Kier alpha value is -2.24. The molecule has 0 radical (unpaired) electrons. The summed E-state index contributed by atoms with van der Waals surface area (Å²) in [7, 11) is 0. The summed E-state index contributed by atoms with van der Waals surface area (Å²) in [6, 6.07) is 7.85. The summed E-state index contributed by atoms with van der Waals surface area (Å²) < 4.78 is 0. The number of hydrogen-bond donors (Lipinski definition) is 1. The molecule has 1 aliphatic rings. The molecule has 1 aliphatic carbocycles. The molecule has 1 aromatic carbocycles.